The van der Waals surface area contributed by atoms with E-state index in [1.165, 1.54) is 0 Å². The van der Waals surface area contributed by atoms with E-state index in [4.69, 9.17) is 5.84 Å². The second kappa shape index (κ2) is 2.98. The lowest BCUT2D eigenvalue weighted by atomic mass is 10.6. The molecule has 1 aromatic rings. The van der Waals surface area contributed by atoms with E-state index in [0.29, 0.717) is 5.95 Å². The summed E-state index contributed by atoms with van der Waals surface area (Å²) in [4.78, 5) is 7.77. The van der Waals surface area contributed by atoms with Gasteiger partial charge < -0.3 is 5.32 Å². The van der Waals surface area contributed by atoms with Gasteiger partial charge in [0.15, 0.2) is 0 Å². The molecule has 0 saturated carbocycles. The number of nitrogens with zero attached hydrogens (tertiary/aromatic N) is 2. The van der Waals surface area contributed by atoms with E-state index in [1.807, 2.05) is 0 Å². The molecule has 0 bridgehead atoms. The Morgan fingerprint density at radius 3 is 3.00 bits per heavy atom. The summed E-state index contributed by atoms with van der Waals surface area (Å²) in [6.07, 6.45) is 1.62. The van der Waals surface area contributed by atoms with Crippen molar-refractivity contribution in [3.63, 3.8) is 0 Å². The Morgan fingerprint density at radius 2 is 2.40 bits per heavy atom. The third-order valence-electron chi connectivity index (χ3n) is 1.04. The molecule has 0 aliphatic rings. The van der Waals surface area contributed by atoms with Crippen LogP contribution in [0, 0.1) is 0 Å². The van der Waals surface area contributed by atoms with Gasteiger partial charge in [-0.15, -0.1) is 0 Å². The molecule has 0 radical (unpaired) electrons. The van der Waals surface area contributed by atoms with Gasteiger partial charge >= 0.3 is 0 Å². The predicted molar refractivity (Wildman–Crippen MR) is 39.4 cm³/mol. The summed E-state index contributed by atoms with van der Waals surface area (Å²) in [7, 11) is 1.78. The van der Waals surface area contributed by atoms with Crippen LogP contribution in [0.3, 0.4) is 0 Å². The maximum absolute atomic E-state index is 5.07. The lowest BCUT2D eigenvalue weighted by Crippen LogP contribution is -2.10. The summed E-state index contributed by atoms with van der Waals surface area (Å²) in [5.41, 5.74) is 2.34. The van der Waals surface area contributed by atoms with Crippen molar-refractivity contribution in [2.45, 2.75) is 0 Å². The van der Waals surface area contributed by atoms with E-state index in [2.05, 4.69) is 20.7 Å². The summed E-state index contributed by atoms with van der Waals surface area (Å²) in [5.74, 6) is 6.22. The minimum Gasteiger partial charge on any atom is -0.373 e. The number of nitrogens with one attached hydrogen (secondary N) is 2. The highest BCUT2D eigenvalue weighted by Crippen LogP contribution is 2.01. The number of anilines is 2. The fraction of sp³-hybridized carbons (Fsp3) is 0.200. The van der Waals surface area contributed by atoms with Crippen LogP contribution in [0.1, 0.15) is 0 Å². The lowest BCUT2D eigenvalue weighted by molar-refractivity contribution is 1.11. The average molecular weight is 139 g/mol. The third-order valence-corrected chi connectivity index (χ3v) is 1.04. The van der Waals surface area contributed by atoms with E-state index in [0.717, 1.165) is 5.82 Å². The van der Waals surface area contributed by atoms with E-state index in [9.17, 15) is 0 Å². The Morgan fingerprint density at radius 1 is 1.60 bits per heavy atom. The molecule has 0 aromatic carbocycles. The van der Waals surface area contributed by atoms with E-state index < -0.39 is 0 Å². The first kappa shape index (κ1) is 6.76. The fourth-order valence-electron chi connectivity index (χ4n) is 0.567. The van der Waals surface area contributed by atoms with Crippen molar-refractivity contribution in [2.75, 3.05) is 17.8 Å². The second-order valence-corrected chi connectivity index (χ2v) is 1.66. The van der Waals surface area contributed by atoms with Gasteiger partial charge in [-0.1, -0.05) is 0 Å². The van der Waals surface area contributed by atoms with Crippen LogP contribution in [0.2, 0.25) is 0 Å². The molecule has 0 spiro atoms. The van der Waals surface area contributed by atoms with Crippen molar-refractivity contribution < 1.29 is 0 Å². The Balaban J connectivity index is 2.87. The van der Waals surface area contributed by atoms with E-state index in [1.54, 1.807) is 19.3 Å². The van der Waals surface area contributed by atoms with Crippen molar-refractivity contribution in [2.24, 2.45) is 5.84 Å². The zero-order chi connectivity index (χ0) is 7.40. The Hall–Kier alpha value is -1.36. The molecule has 10 heavy (non-hydrogen) atoms. The second-order valence-electron chi connectivity index (χ2n) is 1.66. The molecule has 5 heteroatoms. The molecule has 0 aliphatic heterocycles. The largest absolute Gasteiger partial charge is 0.373 e. The molecule has 1 aromatic heterocycles. The molecular formula is C5H9N5. The van der Waals surface area contributed by atoms with E-state index in [-0.39, 0.29) is 0 Å². The van der Waals surface area contributed by atoms with Gasteiger partial charge in [-0.2, -0.15) is 4.98 Å². The van der Waals surface area contributed by atoms with Gasteiger partial charge in [0, 0.05) is 13.2 Å². The van der Waals surface area contributed by atoms with Crippen molar-refractivity contribution >= 4 is 11.8 Å². The molecule has 0 saturated heterocycles. The first-order valence-corrected chi connectivity index (χ1v) is 2.84. The van der Waals surface area contributed by atoms with Crippen LogP contribution in [-0.2, 0) is 0 Å². The number of aromatic nitrogens is 2. The molecule has 5 nitrogen and oxygen atoms in total. The molecule has 0 aliphatic carbocycles. The molecule has 1 rings (SSSR count). The van der Waals surface area contributed by atoms with Crippen molar-refractivity contribution in [1.29, 1.82) is 0 Å². The number of hydrogen-bond acceptors (Lipinski definition) is 5. The zero-order valence-electron chi connectivity index (χ0n) is 5.63. The number of nitrogens with two attached hydrogens (primary N) is 1. The smallest absolute Gasteiger partial charge is 0.239 e. The minimum atomic E-state index is 0.409. The van der Waals surface area contributed by atoms with Crippen LogP contribution < -0.4 is 16.6 Å². The Bertz CT molecular complexity index is 192. The summed E-state index contributed by atoms with van der Waals surface area (Å²) in [6, 6.07) is 1.75. The van der Waals surface area contributed by atoms with Crippen molar-refractivity contribution in [3.8, 4) is 0 Å². The zero-order valence-corrected chi connectivity index (χ0v) is 5.63. The van der Waals surface area contributed by atoms with Crippen LogP contribution in [0.15, 0.2) is 12.3 Å². The molecule has 54 valence electrons. The van der Waals surface area contributed by atoms with Gasteiger partial charge in [0.2, 0.25) is 5.95 Å². The molecule has 0 unspecified atom stereocenters. The molecule has 0 fully saturated rings. The molecule has 1 heterocycles. The van der Waals surface area contributed by atoms with Crippen LogP contribution in [0.5, 0.6) is 0 Å². The highest BCUT2D eigenvalue weighted by atomic mass is 15.3. The summed E-state index contributed by atoms with van der Waals surface area (Å²) in [6.45, 7) is 0. The van der Waals surface area contributed by atoms with E-state index >= 15 is 0 Å². The number of hydrazine groups is 1. The normalized spacial score (nSPS) is 9.00. The molecular weight excluding hydrogens is 130 g/mol. The first-order valence-electron chi connectivity index (χ1n) is 2.84. The predicted octanol–water partition coefficient (Wildman–Crippen LogP) is -0.196. The van der Waals surface area contributed by atoms with Crippen LogP contribution in [-0.4, -0.2) is 17.0 Å². The van der Waals surface area contributed by atoms with Gasteiger partial charge in [-0.3, -0.25) is 5.43 Å². The summed E-state index contributed by atoms with van der Waals surface area (Å²) < 4.78 is 0. The van der Waals surface area contributed by atoms with Crippen LogP contribution in [0.4, 0.5) is 11.8 Å². The molecule has 4 N–H and O–H groups in total. The molecule has 0 amide bonds. The van der Waals surface area contributed by atoms with Gasteiger partial charge in [0.05, 0.1) is 0 Å². The summed E-state index contributed by atoms with van der Waals surface area (Å²) in [5, 5.41) is 2.86. The number of nitrogen functional groups attached to an aromatic ring is 1. The van der Waals surface area contributed by atoms with Crippen molar-refractivity contribution in [1.82, 2.24) is 9.97 Å². The fourth-order valence-corrected chi connectivity index (χ4v) is 0.567. The monoisotopic (exact) mass is 139 g/mol. The van der Waals surface area contributed by atoms with Gasteiger partial charge in [-0.05, 0) is 6.07 Å². The number of rotatable bonds is 2. The Labute approximate surface area is 58.6 Å². The standard InChI is InChI=1S/C5H9N5/c1-7-4-2-3-8-5(9-4)10-6/h2-3H,6H2,1H3,(H2,7,8,9,10). The topological polar surface area (TPSA) is 75.9 Å². The molecule has 0 atom stereocenters. The lowest BCUT2D eigenvalue weighted by Gasteiger charge is -1.99. The number of hydrogen-bond donors (Lipinski definition) is 3. The maximum atomic E-state index is 5.07. The van der Waals surface area contributed by atoms with Crippen LogP contribution >= 0.6 is 0 Å². The van der Waals surface area contributed by atoms with Gasteiger partial charge in [-0.25, -0.2) is 10.8 Å². The Kier molecular flexibility index (Phi) is 2.01. The SMILES string of the molecule is CNc1ccnc(NN)n1. The maximum Gasteiger partial charge on any atom is 0.239 e. The first-order chi connectivity index (χ1) is 4.86. The van der Waals surface area contributed by atoms with Crippen molar-refractivity contribution in [3.05, 3.63) is 12.3 Å². The highest BCUT2D eigenvalue weighted by molar-refractivity contribution is 5.37. The highest BCUT2D eigenvalue weighted by Gasteiger charge is 1.91. The van der Waals surface area contributed by atoms with Crippen LogP contribution in [0.25, 0.3) is 0 Å². The summed E-state index contributed by atoms with van der Waals surface area (Å²) >= 11 is 0. The minimum absolute atomic E-state index is 0.409. The quantitative estimate of drug-likeness (QED) is 0.391. The average Bonchev–Trinajstić information content (AvgIpc) is 2.05. The van der Waals surface area contributed by atoms with Gasteiger partial charge in [0.25, 0.3) is 0 Å². The third kappa shape index (κ3) is 1.32. The van der Waals surface area contributed by atoms with Gasteiger partial charge in [0.1, 0.15) is 5.82 Å².